The van der Waals surface area contributed by atoms with E-state index in [4.69, 9.17) is 4.74 Å². The zero-order valence-corrected chi connectivity index (χ0v) is 14.3. The van der Waals surface area contributed by atoms with E-state index in [1.165, 1.54) is 0 Å². The number of pyridine rings is 1. The second-order valence-corrected chi connectivity index (χ2v) is 5.83. The Bertz CT molecular complexity index is 901. The maximum Gasteiger partial charge on any atom is 0.275 e. The van der Waals surface area contributed by atoms with Gasteiger partial charge in [0.1, 0.15) is 5.75 Å². The second-order valence-electron chi connectivity index (χ2n) is 5.83. The average molecular weight is 324 g/mol. The summed E-state index contributed by atoms with van der Waals surface area (Å²) in [5, 5.41) is 7.88. The number of amides is 1. The molecule has 0 saturated carbocycles. The van der Waals surface area contributed by atoms with Crippen LogP contribution in [-0.2, 0) is 6.54 Å². The Morgan fingerprint density at radius 2 is 2.04 bits per heavy atom. The van der Waals surface area contributed by atoms with Crippen molar-refractivity contribution in [1.29, 1.82) is 0 Å². The van der Waals surface area contributed by atoms with Gasteiger partial charge in [-0.2, -0.15) is 5.10 Å². The van der Waals surface area contributed by atoms with Gasteiger partial charge in [0.15, 0.2) is 5.69 Å². The van der Waals surface area contributed by atoms with Crippen LogP contribution in [0.4, 0.5) is 0 Å². The van der Waals surface area contributed by atoms with E-state index >= 15 is 0 Å². The van der Waals surface area contributed by atoms with Crippen LogP contribution in [0.15, 0.2) is 30.5 Å². The summed E-state index contributed by atoms with van der Waals surface area (Å²) < 4.78 is 5.43. The van der Waals surface area contributed by atoms with Gasteiger partial charge in [0.05, 0.1) is 24.9 Å². The highest BCUT2D eigenvalue weighted by molar-refractivity contribution is 6.04. The van der Waals surface area contributed by atoms with Gasteiger partial charge in [-0.05, 0) is 19.9 Å². The number of carbonyl (C=O) groups excluding carboxylic acids is 1. The van der Waals surface area contributed by atoms with Gasteiger partial charge >= 0.3 is 0 Å². The number of nitrogens with one attached hydrogen (secondary N) is 1. The minimum absolute atomic E-state index is 0.145. The summed E-state index contributed by atoms with van der Waals surface area (Å²) in [5.41, 5.74) is 4.01. The molecule has 0 saturated heterocycles. The van der Waals surface area contributed by atoms with Gasteiger partial charge in [-0.3, -0.25) is 14.9 Å². The van der Waals surface area contributed by atoms with Gasteiger partial charge in [0, 0.05) is 29.8 Å². The summed E-state index contributed by atoms with van der Waals surface area (Å²) in [6.07, 6.45) is 1.77. The van der Waals surface area contributed by atoms with E-state index in [2.05, 4.69) is 15.2 Å². The van der Waals surface area contributed by atoms with E-state index in [-0.39, 0.29) is 5.91 Å². The normalized spacial score (nSPS) is 10.8. The number of aromatic amines is 1. The number of ether oxygens (including phenoxy) is 1. The van der Waals surface area contributed by atoms with Gasteiger partial charge in [0.25, 0.3) is 5.91 Å². The van der Waals surface area contributed by atoms with Gasteiger partial charge < -0.3 is 9.64 Å². The first-order chi connectivity index (χ1) is 11.5. The lowest BCUT2D eigenvalue weighted by Crippen LogP contribution is -2.27. The first-order valence-electron chi connectivity index (χ1n) is 7.70. The van der Waals surface area contributed by atoms with Crippen molar-refractivity contribution in [3.05, 3.63) is 53.0 Å². The molecule has 0 aliphatic carbocycles. The van der Waals surface area contributed by atoms with Crippen molar-refractivity contribution < 1.29 is 9.53 Å². The molecule has 2 heterocycles. The van der Waals surface area contributed by atoms with E-state index in [1.807, 2.05) is 38.1 Å². The van der Waals surface area contributed by atoms with Crippen LogP contribution in [0.5, 0.6) is 5.75 Å². The number of carbonyl (C=O) groups is 1. The van der Waals surface area contributed by atoms with Gasteiger partial charge in [-0.1, -0.05) is 18.2 Å². The van der Waals surface area contributed by atoms with Crippen molar-refractivity contribution in [2.45, 2.75) is 20.4 Å². The smallest absolute Gasteiger partial charge is 0.275 e. The number of rotatable bonds is 4. The maximum atomic E-state index is 12.7. The third kappa shape index (κ3) is 2.71. The predicted octanol–water partition coefficient (Wildman–Crippen LogP) is 2.86. The molecule has 0 aliphatic rings. The Morgan fingerprint density at radius 3 is 2.79 bits per heavy atom. The molecular formula is C18H20N4O2. The first kappa shape index (κ1) is 16.0. The fourth-order valence-corrected chi connectivity index (χ4v) is 2.83. The monoisotopic (exact) mass is 324 g/mol. The van der Waals surface area contributed by atoms with Crippen molar-refractivity contribution >= 4 is 16.8 Å². The number of para-hydroxylation sites is 1. The third-order valence-corrected chi connectivity index (χ3v) is 4.16. The molecule has 124 valence electrons. The number of fused-ring (bicyclic) bond motifs is 1. The molecule has 1 amide bonds. The minimum atomic E-state index is -0.145. The molecule has 0 spiro atoms. The zero-order chi connectivity index (χ0) is 17.3. The largest absolute Gasteiger partial charge is 0.496 e. The molecule has 6 heteroatoms. The number of hydrogen-bond acceptors (Lipinski definition) is 4. The number of nitrogens with zero attached hydrogens (tertiary/aromatic N) is 3. The Labute approximate surface area is 140 Å². The fraction of sp³-hybridized carbons (Fsp3) is 0.278. The highest BCUT2D eigenvalue weighted by Crippen LogP contribution is 2.25. The third-order valence-electron chi connectivity index (χ3n) is 4.16. The molecule has 2 aromatic heterocycles. The van der Waals surface area contributed by atoms with Gasteiger partial charge in [-0.15, -0.1) is 0 Å². The van der Waals surface area contributed by atoms with Gasteiger partial charge in [-0.25, -0.2) is 0 Å². The number of aryl methyl sites for hydroxylation is 1. The van der Waals surface area contributed by atoms with Crippen LogP contribution in [0.25, 0.3) is 10.9 Å². The van der Waals surface area contributed by atoms with Crippen LogP contribution in [0.3, 0.4) is 0 Å². The highest BCUT2D eigenvalue weighted by atomic mass is 16.5. The number of benzene rings is 1. The van der Waals surface area contributed by atoms with Crippen molar-refractivity contribution in [2.75, 3.05) is 14.2 Å². The van der Waals surface area contributed by atoms with Crippen molar-refractivity contribution in [3.8, 4) is 5.75 Å². The number of aromatic nitrogens is 3. The zero-order valence-electron chi connectivity index (χ0n) is 14.3. The molecule has 0 aliphatic heterocycles. The van der Waals surface area contributed by atoms with Crippen LogP contribution < -0.4 is 4.74 Å². The molecule has 0 bridgehead atoms. The fourth-order valence-electron chi connectivity index (χ4n) is 2.83. The molecule has 24 heavy (non-hydrogen) atoms. The molecule has 0 radical (unpaired) electrons. The second kappa shape index (κ2) is 6.31. The van der Waals surface area contributed by atoms with E-state index < -0.39 is 0 Å². The van der Waals surface area contributed by atoms with E-state index in [0.717, 1.165) is 33.5 Å². The minimum Gasteiger partial charge on any atom is -0.496 e. The summed E-state index contributed by atoms with van der Waals surface area (Å²) in [4.78, 5) is 18.8. The van der Waals surface area contributed by atoms with E-state index in [9.17, 15) is 4.79 Å². The topological polar surface area (TPSA) is 71.1 Å². The molecule has 0 unspecified atom stereocenters. The van der Waals surface area contributed by atoms with Gasteiger partial charge in [0.2, 0.25) is 0 Å². The lowest BCUT2D eigenvalue weighted by Gasteiger charge is -2.18. The molecule has 1 N–H and O–H groups in total. The Morgan fingerprint density at radius 1 is 1.29 bits per heavy atom. The predicted molar refractivity (Wildman–Crippen MR) is 92.2 cm³/mol. The van der Waals surface area contributed by atoms with Crippen LogP contribution in [-0.4, -0.2) is 40.1 Å². The molecule has 1 aromatic carbocycles. The molecule has 6 nitrogen and oxygen atoms in total. The van der Waals surface area contributed by atoms with Crippen LogP contribution in [0.1, 0.15) is 27.3 Å². The van der Waals surface area contributed by atoms with Crippen molar-refractivity contribution in [3.63, 3.8) is 0 Å². The van der Waals surface area contributed by atoms with Crippen molar-refractivity contribution in [1.82, 2.24) is 20.1 Å². The standard InChI is InChI=1S/C18H20N4O2/c1-11-9-19-15(12(2)17(11)24-4)10-22(3)18(23)16-13-7-5-6-8-14(13)20-21-16/h5-9H,10H2,1-4H3,(H,20,21). The summed E-state index contributed by atoms with van der Waals surface area (Å²) in [6, 6.07) is 7.59. The van der Waals surface area contributed by atoms with Crippen LogP contribution in [0.2, 0.25) is 0 Å². The summed E-state index contributed by atoms with van der Waals surface area (Å²) in [6.45, 7) is 4.30. The van der Waals surface area contributed by atoms with E-state index in [0.29, 0.717) is 12.2 Å². The molecule has 3 rings (SSSR count). The lowest BCUT2D eigenvalue weighted by atomic mass is 10.1. The quantitative estimate of drug-likeness (QED) is 0.801. The maximum absolute atomic E-state index is 12.7. The lowest BCUT2D eigenvalue weighted by molar-refractivity contribution is 0.0779. The summed E-state index contributed by atoms with van der Waals surface area (Å²) in [5.74, 6) is 0.666. The average Bonchev–Trinajstić information content (AvgIpc) is 3.01. The highest BCUT2D eigenvalue weighted by Gasteiger charge is 2.20. The molecule has 0 atom stereocenters. The Hall–Kier alpha value is -2.89. The first-order valence-corrected chi connectivity index (χ1v) is 7.70. The number of H-pyrrole nitrogens is 1. The SMILES string of the molecule is COc1c(C)cnc(CN(C)C(=O)c2n[nH]c3ccccc23)c1C. The van der Waals surface area contributed by atoms with Crippen LogP contribution >= 0.6 is 0 Å². The molecule has 0 fully saturated rings. The number of hydrogen-bond donors (Lipinski definition) is 1. The van der Waals surface area contributed by atoms with Crippen LogP contribution in [0, 0.1) is 13.8 Å². The summed E-state index contributed by atoms with van der Waals surface area (Å²) >= 11 is 0. The van der Waals surface area contributed by atoms with E-state index in [1.54, 1.807) is 25.3 Å². The molecule has 3 aromatic rings. The summed E-state index contributed by atoms with van der Waals surface area (Å²) in [7, 11) is 3.39. The molecular weight excluding hydrogens is 304 g/mol. The van der Waals surface area contributed by atoms with Crippen molar-refractivity contribution in [2.24, 2.45) is 0 Å². The number of methoxy groups -OCH3 is 1. The Kier molecular flexibility index (Phi) is 4.20. The Balaban J connectivity index is 1.87.